The van der Waals surface area contributed by atoms with Crippen molar-refractivity contribution in [3.05, 3.63) is 34.0 Å². The molecule has 1 atom stereocenters. The predicted molar refractivity (Wildman–Crippen MR) is 101 cm³/mol. The van der Waals surface area contributed by atoms with Crippen LogP contribution in [0, 0.1) is 12.8 Å². The Balaban J connectivity index is 1.30. The first-order chi connectivity index (χ1) is 12.8. The van der Waals surface area contributed by atoms with Crippen molar-refractivity contribution in [2.45, 2.75) is 45.3 Å². The first-order valence-electron chi connectivity index (χ1n) is 9.59. The summed E-state index contributed by atoms with van der Waals surface area (Å²) in [6, 6.07) is 2.53. The van der Waals surface area contributed by atoms with Gasteiger partial charge in [0, 0.05) is 57.1 Å². The van der Waals surface area contributed by atoms with Gasteiger partial charge in [0.15, 0.2) is 0 Å². The molecule has 7 heteroatoms. The van der Waals surface area contributed by atoms with Gasteiger partial charge in [-0.3, -0.25) is 9.58 Å². The average molecular weight is 377 g/mol. The van der Waals surface area contributed by atoms with Crippen molar-refractivity contribution in [2.75, 3.05) is 33.0 Å². The minimum atomic E-state index is 0.386. The maximum Gasteiger partial charge on any atom is 0.0798 e. The molecule has 6 nitrogen and oxygen atoms in total. The van der Waals surface area contributed by atoms with Crippen LogP contribution in [0.3, 0.4) is 0 Å². The summed E-state index contributed by atoms with van der Waals surface area (Å²) in [6.07, 6.45) is 5.20. The quantitative estimate of drug-likeness (QED) is 0.695. The third-order valence-electron chi connectivity index (χ3n) is 5.45. The van der Waals surface area contributed by atoms with E-state index in [0.29, 0.717) is 12.0 Å². The Kier molecular flexibility index (Phi) is 5.99. The van der Waals surface area contributed by atoms with Crippen molar-refractivity contribution in [3.8, 4) is 0 Å². The summed E-state index contributed by atoms with van der Waals surface area (Å²) < 4.78 is 13.6. The molecule has 1 fully saturated rings. The van der Waals surface area contributed by atoms with Crippen molar-refractivity contribution in [2.24, 2.45) is 5.92 Å². The van der Waals surface area contributed by atoms with Gasteiger partial charge < -0.3 is 9.47 Å². The van der Waals surface area contributed by atoms with E-state index in [1.807, 2.05) is 11.7 Å². The highest BCUT2D eigenvalue weighted by atomic mass is 32.1. The maximum absolute atomic E-state index is 6.00. The van der Waals surface area contributed by atoms with E-state index in [0.717, 1.165) is 71.0 Å². The number of aryl methyl sites for hydroxylation is 1. The zero-order chi connectivity index (χ0) is 17.8. The molecule has 0 bridgehead atoms. The van der Waals surface area contributed by atoms with E-state index in [1.54, 1.807) is 11.3 Å². The van der Waals surface area contributed by atoms with E-state index in [9.17, 15) is 0 Å². The second-order valence-corrected chi connectivity index (χ2v) is 8.31. The molecule has 2 aliphatic rings. The van der Waals surface area contributed by atoms with E-state index in [2.05, 4.69) is 32.7 Å². The van der Waals surface area contributed by atoms with Gasteiger partial charge in [-0.15, -0.1) is 11.3 Å². The van der Waals surface area contributed by atoms with Crippen molar-refractivity contribution >= 4 is 11.3 Å². The topological polar surface area (TPSA) is 52.4 Å². The van der Waals surface area contributed by atoms with Crippen molar-refractivity contribution in [1.29, 1.82) is 0 Å². The molecule has 0 saturated carbocycles. The lowest BCUT2D eigenvalue weighted by atomic mass is 10.0. The molecule has 1 saturated heterocycles. The lowest BCUT2D eigenvalue weighted by molar-refractivity contribution is 0.0155. The highest BCUT2D eigenvalue weighted by Crippen LogP contribution is 2.26. The molecule has 0 aromatic carbocycles. The number of rotatable bonds is 7. The smallest absolute Gasteiger partial charge is 0.0798 e. The van der Waals surface area contributed by atoms with E-state index in [-0.39, 0.29) is 0 Å². The molecular formula is C19H28N4O2S. The monoisotopic (exact) mass is 376 g/mol. The summed E-state index contributed by atoms with van der Waals surface area (Å²) in [7, 11) is 0. The van der Waals surface area contributed by atoms with Gasteiger partial charge in [-0.1, -0.05) is 0 Å². The molecule has 0 aliphatic carbocycles. The highest BCUT2D eigenvalue weighted by molar-refractivity contribution is 7.09. The van der Waals surface area contributed by atoms with Crippen LogP contribution < -0.4 is 0 Å². The van der Waals surface area contributed by atoms with Gasteiger partial charge in [-0.25, -0.2) is 4.98 Å². The molecule has 0 spiro atoms. The van der Waals surface area contributed by atoms with E-state index < -0.39 is 0 Å². The predicted octanol–water partition coefficient (Wildman–Crippen LogP) is 3.04. The van der Waals surface area contributed by atoms with Crippen LogP contribution in [-0.2, 0) is 22.6 Å². The molecule has 0 N–H and O–H groups in total. The third-order valence-corrected chi connectivity index (χ3v) is 6.37. The highest BCUT2D eigenvalue weighted by Gasteiger charge is 2.26. The average Bonchev–Trinajstić information content (AvgIpc) is 3.29. The molecule has 142 valence electrons. The summed E-state index contributed by atoms with van der Waals surface area (Å²) in [4.78, 5) is 8.27. The fourth-order valence-corrected chi connectivity index (χ4v) is 4.68. The number of nitrogens with zero attached hydrogens (tertiary/aromatic N) is 4. The van der Waals surface area contributed by atoms with Crippen LogP contribution in [0.1, 0.15) is 41.6 Å². The molecule has 4 rings (SSSR count). The molecule has 4 heterocycles. The van der Waals surface area contributed by atoms with Crippen LogP contribution >= 0.6 is 11.3 Å². The molecule has 2 aromatic rings. The Labute approximate surface area is 159 Å². The van der Waals surface area contributed by atoms with Gasteiger partial charge in [-0.05, 0) is 38.2 Å². The normalized spacial score (nSPS) is 21.8. The Hall–Kier alpha value is -1.28. The Bertz CT molecular complexity index is 695. The minimum absolute atomic E-state index is 0.386. The van der Waals surface area contributed by atoms with Gasteiger partial charge >= 0.3 is 0 Å². The number of thiazole rings is 1. The van der Waals surface area contributed by atoms with E-state index >= 15 is 0 Å². The van der Waals surface area contributed by atoms with Crippen LogP contribution in [0.4, 0.5) is 0 Å². The summed E-state index contributed by atoms with van der Waals surface area (Å²) in [5.74, 6) is 0.668. The van der Waals surface area contributed by atoms with Crippen molar-refractivity contribution < 1.29 is 9.47 Å². The van der Waals surface area contributed by atoms with E-state index in [4.69, 9.17) is 9.47 Å². The first kappa shape index (κ1) is 18.1. The van der Waals surface area contributed by atoms with Crippen LogP contribution in [0.25, 0.3) is 0 Å². The van der Waals surface area contributed by atoms with Gasteiger partial charge in [-0.2, -0.15) is 5.10 Å². The summed E-state index contributed by atoms with van der Waals surface area (Å²) in [6.45, 7) is 8.49. The van der Waals surface area contributed by atoms with Crippen molar-refractivity contribution in [1.82, 2.24) is 19.7 Å². The van der Waals surface area contributed by atoms with E-state index in [1.165, 1.54) is 10.6 Å². The number of hydrogen-bond donors (Lipinski definition) is 0. The molecule has 1 unspecified atom stereocenters. The Morgan fingerprint density at radius 3 is 3.04 bits per heavy atom. The summed E-state index contributed by atoms with van der Waals surface area (Å²) >= 11 is 1.75. The molecule has 0 radical (unpaired) electrons. The molecule has 2 aliphatic heterocycles. The minimum Gasteiger partial charge on any atom is -0.381 e. The number of ether oxygens (including phenoxy) is 2. The molecule has 0 amide bonds. The van der Waals surface area contributed by atoms with Crippen LogP contribution in [0.15, 0.2) is 17.8 Å². The summed E-state index contributed by atoms with van der Waals surface area (Å²) in [5, 5.41) is 4.56. The van der Waals surface area contributed by atoms with Gasteiger partial charge in [0.25, 0.3) is 0 Å². The second-order valence-electron chi connectivity index (χ2n) is 7.37. The summed E-state index contributed by atoms with van der Waals surface area (Å²) in [5.41, 5.74) is 4.40. The molecular weight excluding hydrogens is 348 g/mol. The van der Waals surface area contributed by atoms with Gasteiger partial charge in [0.1, 0.15) is 0 Å². The SMILES string of the molecule is Cc1ncsc1CN1Cc2ccnn2C(CCOCC2CCOCC2)C1. The Morgan fingerprint density at radius 2 is 2.23 bits per heavy atom. The lowest BCUT2D eigenvalue weighted by Crippen LogP contribution is -2.37. The van der Waals surface area contributed by atoms with Crippen molar-refractivity contribution in [3.63, 3.8) is 0 Å². The lowest BCUT2D eigenvalue weighted by Gasteiger charge is -2.34. The number of aromatic nitrogens is 3. The number of fused-ring (bicyclic) bond motifs is 1. The number of hydrogen-bond acceptors (Lipinski definition) is 6. The molecule has 2 aromatic heterocycles. The zero-order valence-corrected chi connectivity index (χ0v) is 16.3. The standard InChI is InChI=1S/C19H28N4O2S/c1-15-19(26-14-20-15)12-22-10-17-2-6-21-23(17)18(11-22)5-9-25-13-16-3-7-24-8-4-16/h2,6,14,16,18H,3-5,7-13H2,1H3. The van der Waals surface area contributed by atoms with Crippen LogP contribution in [0.5, 0.6) is 0 Å². The fraction of sp³-hybridized carbons (Fsp3) is 0.684. The zero-order valence-electron chi connectivity index (χ0n) is 15.5. The first-order valence-corrected chi connectivity index (χ1v) is 10.5. The fourth-order valence-electron chi connectivity index (χ4n) is 3.86. The van der Waals surface area contributed by atoms with Crippen LogP contribution in [-0.4, -0.2) is 52.6 Å². The maximum atomic E-state index is 6.00. The third kappa shape index (κ3) is 4.34. The van der Waals surface area contributed by atoms with Gasteiger partial charge in [0.2, 0.25) is 0 Å². The van der Waals surface area contributed by atoms with Crippen LogP contribution in [0.2, 0.25) is 0 Å². The van der Waals surface area contributed by atoms with Gasteiger partial charge in [0.05, 0.1) is 22.9 Å². The second kappa shape index (κ2) is 8.61. The largest absolute Gasteiger partial charge is 0.381 e. The Morgan fingerprint density at radius 1 is 1.35 bits per heavy atom. The molecule has 26 heavy (non-hydrogen) atoms.